The number of aromatic hydroxyl groups is 2. The second-order valence-electron chi connectivity index (χ2n) is 9.08. The first-order valence-electron chi connectivity index (χ1n) is 11.1. The van der Waals surface area contributed by atoms with E-state index in [1.807, 2.05) is 0 Å². The number of aliphatic hydroxyl groups excluding tert-OH is 4. The van der Waals surface area contributed by atoms with Crippen LogP contribution >= 0.6 is 0 Å². The van der Waals surface area contributed by atoms with Crippen molar-refractivity contribution in [2.75, 3.05) is 13.2 Å². The van der Waals surface area contributed by atoms with Gasteiger partial charge in [0.1, 0.15) is 36.1 Å². The third-order valence-corrected chi connectivity index (χ3v) is 7.13. The molecule has 1 aliphatic carbocycles. The number of rotatable bonds is 6. The molecule has 11 atom stereocenters. The quantitative estimate of drug-likeness (QED) is 0.125. The van der Waals surface area contributed by atoms with Gasteiger partial charge in [-0.15, -0.1) is 0 Å². The Morgan fingerprint density at radius 2 is 1.89 bits per heavy atom. The molecule has 1 aromatic rings. The van der Waals surface area contributed by atoms with Gasteiger partial charge in [0.2, 0.25) is 6.29 Å². The highest BCUT2D eigenvalue weighted by atomic mass is 16.8. The van der Waals surface area contributed by atoms with Gasteiger partial charge in [0.25, 0.3) is 0 Å². The zero-order valence-corrected chi connectivity index (χ0v) is 18.3. The fourth-order valence-electron chi connectivity index (χ4n) is 5.18. The van der Waals surface area contributed by atoms with Crippen LogP contribution in [-0.4, -0.2) is 105 Å². The molecule has 0 aromatic heterocycles. The largest absolute Gasteiger partial charge is 0.504 e. The summed E-state index contributed by atoms with van der Waals surface area (Å²) in [5.74, 6) is -2.80. The second kappa shape index (κ2) is 8.87. The van der Waals surface area contributed by atoms with E-state index in [0.717, 1.165) is 12.1 Å². The average molecular weight is 497 g/mol. The second-order valence-corrected chi connectivity index (χ2v) is 9.08. The van der Waals surface area contributed by atoms with E-state index in [2.05, 4.69) is 0 Å². The summed E-state index contributed by atoms with van der Waals surface area (Å²) in [6.07, 6.45) is -4.85. The van der Waals surface area contributed by atoms with Crippen molar-refractivity contribution in [2.45, 2.75) is 54.7 Å². The number of carbonyl (C=O) groups is 1. The maximum Gasteiger partial charge on any atom is 0.338 e. The Labute approximate surface area is 198 Å². The van der Waals surface area contributed by atoms with Crippen molar-refractivity contribution in [1.29, 1.82) is 0 Å². The lowest BCUT2D eigenvalue weighted by atomic mass is 9.85. The molecule has 0 bridgehead atoms. The van der Waals surface area contributed by atoms with Gasteiger partial charge in [-0.25, -0.2) is 4.79 Å². The molecule has 8 N–H and O–H groups in total. The Hall–Kier alpha value is -2.49. The van der Waals surface area contributed by atoms with Crippen LogP contribution in [0.4, 0.5) is 0 Å². The SMILES string of the molecule is N[C@H]1[C@H](O[C@@H]2OC=C[C@H]3C(OC(=O)c4ccc(O)c(O)c4)[C@@H]4O[C@]4(CO)[C@@H]23)O[C@H](CO)[C@@H](O)[C@@H]1O. The van der Waals surface area contributed by atoms with Gasteiger partial charge in [-0.1, -0.05) is 0 Å². The Morgan fingerprint density at radius 3 is 2.57 bits per heavy atom. The summed E-state index contributed by atoms with van der Waals surface area (Å²) in [6, 6.07) is 2.36. The van der Waals surface area contributed by atoms with E-state index >= 15 is 0 Å². The number of epoxide rings is 1. The van der Waals surface area contributed by atoms with Crippen molar-refractivity contribution in [3.8, 4) is 11.5 Å². The van der Waals surface area contributed by atoms with Crippen molar-refractivity contribution in [2.24, 2.45) is 17.6 Å². The molecule has 0 spiro atoms. The van der Waals surface area contributed by atoms with Crippen LogP contribution in [0.3, 0.4) is 0 Å². The van der Waals surface area contributed by atoms with E-state index in [1.165, 1.54) is 12.3 Å². The number of fused-ring (bicyclic) bond motifs is 3. The van der Waals surface area contributed by atoms with Gasteiger partial charge in [0, 0.05) is 5.92 Å². The van der Waals surface area contributed by atoms with Crippen LogP contribution in [-0.2, 0) is 23.7 Å². The van der Waals surface area contributed by atoms with Gasteiger partial charge in [0.15, 0.2) is 17.8 Å². The molecule has 1 saturated carbocycles. The molecule has 3 heterocycles. The van der Waals surface area contributed by atoms with Crippen LogP contribution in [0.2, 0.25) is 0 Å². The normalized spacial score (nSPS) is 43.7. The summed E-state index contributed by atoms with van der Waals surface area (Å²) >= 11 is 0. The number of ether oxygens (including phenoxy) is 5. The number of phenols is 2. The summed E-state index contributed by atoms with van der Waals surface area (Å²) in [7, 11) is 0. The average Bonchev–Trinajstić information content (AvgIpc) is 3.53. The molecule has 1 unspecified atom stereocenters. The lowest BCUT2D eigenvalue weighted by Crippen LogP contribution is -2.63. The van der Waals surface area contributed by atoms with Crippen molar-refractivity contribution in [1.82, 2.24) is 0 Å². The molecular formula is C22H27NO12. The summed E-state index contributed by atoms with van der Waals surface area (Å²) < 4.78 is 28.5. The number of hydrogen-bond donors (Lipinski definition) is 7. The molecule has 3 aliphatic heterocycles. The molecular weight excluding hydrogens is 470 g/mol. The van der Waals surface area contributed by atoms with E-state index in [-0.39, 0.29) is 11.3 Å². The minimum atomic E-state index is -1.43. The number of aliphatic hydroxyl groups is 4. The molecule has 0 amide bonds. The fraction of sp³-hybridized carbons (Fsp3) is 0.591. The number of phenolic OH excluding ortho intramolecular Hbond substituents is 2. The predicted octanol–water partition coefficient (Wildman–Crippen LogP) is -2.35. The smallest absolute Gasteiger partial charge is 0.338 e. The van der Waals surface area contributed by atoms with E-state index in [1.54, 1.807) is 6.08 Å². The highest BCUT2D eigenvalue weighted by Crippen LogP contribution is 2.60. The first kappa shape index (κ1) is 24.2. The van der Waals surface area contributed by atoms with Crippen molar-refractivity contribution >= 4 is 5.97 Å². The highest BCUT2D eigenvalue weighted by Gasteiger charge is 2.77. The first-order valence-corrected chi connectivity index (χ1v) is 11.1. The number of esters is 1. The molecule has 2 saturated heterocycles. The minimum Gasteiger partial charge on any atom is -0.504 e. The lowest BCUT2D eigenvalue weighted by molar-refractivity contribution is -0.319. The van der Waals surface area contributed by atoms with Gasteiger partial charge < -0.3 is 60.1 Å². The molecule has 1 aromatic carbocycles. The summed E-state index contributed by atoms with van der Waals surface area (Å²) in [5, 5.41) is 59.0. The molecule has 5 rings (SSSR count). The van der Waals surface area contributed by atoms with Gasteiger partial charge in [-0.05, 0) is 24.3 Å². The topological polar surface area (TPSA) is 214 Å². The van der Waals surface area contributed by atoms with Crippen LogP contribution < -0.4 is 5.73 Å². The molecule has 0 radical (unpaired) electrons. The van der Waals surface area contributed by atoms with Crippen LogP contribution in [0.25, 0.3) is 0 Å². The summed E-state index contributed by atoms with van der Waals surface area (Å²) in [6.45, 7) is -1.01. The molecule has 13 nitrogen and oxygen atoms in total. The van der Waals surface area contributed by atoms with E-state index in [0.29, 0.717) is 0 Å². The molecule has 35 heavy (non-hydrogen) atoms. The lowest BCUT2D eigenvalue weighted by Gasteiger charge is -2.43. The Morgan fingerprint density at radius 1 is 1.11 bits per heavy atom. The van der Waals surface area contributed by atoms with Gasteiger partial charge >= 0.3 is 5.97 Å². The van der Waals surface area contributed by atoms with Crippen LogP contribution in [0, 0.1) is 11.8 Å². The molecule has 4 aliphatic rings. The van der Waals surface area contributed by atoms with E-state index < -0.39 is 91.5 Å². The molecule has 192 valence electrons. The molecule has 3 fully saturated rings. The highest BCUT2D eigenvalue weighted by molar-refractivity contribution is 5.90. The maximum atomic E-state index is 12.7. The third-order valence-electron chi connectivity index (χ3n) is 7.13. The third kappa shape index (κ3) is 3.84. The minimum absolute atomic E-state index is 0.00649. The number of carbonyl (C=O) groups excluding carboxylic acids is 1. The van der Waals surface area contributed by atoms with Crippen molar-refractivity contribution < 1.29 is 59.1 Å². The summed E-state index contributed by atoms with van der Waals surface area (Å²) in [5.41, 5.74) is 4.83. The van der Waals surface area contributed by atoms with Crippen LogP contribution in [0.15, 0.2) is 30.5 Å². The van der Waals surface area contributed by atoms with Crippen LogP contribution in [0.5, 0.6) is 11.5 Å². The van der Waals surface area contributed by atoms with E-state index in [9.17, 15) is 35.4 Å². The van der Waals surface area contributed by atoms with Crippen molar-refractivity contribution in [3.63, 3.8) is 0 Å². The zero-order valence-electron chi connectivity index (χ0n) is 18.3. The Balaban J connectivity index is 1.35. The van der Waals surface area contributed by atoms with Gasteiger partial charge in [-0.3, -0.25) is 0 Å². The first-order chi connectivity index (χ1) is 16.7. The predicted molar refractivity (Wildman–Crippen MR) is 111 cm³/mol. The standard InChI is InChI=1S/C22H27NO12/c23-14-16(29)15(28)12(6-24)32-21(14)34-20-13-9(3-4-31-20)17(18-22(13,7-25)35-18)33-19(30)8-1-2-10(26)11(27)5-8/h1-5,9,12-18,20-21,24-29H,6-7,23H2/t9-,12-,13-,14-,15-,16-,17?,18+,20+,21+,22-/m1/s1. The summed E-state index contributed by atoms with van der Waals surface area (Å²) in [4.78, 5) is 12.7. The zero-order chi connectivity index (χ0) is 25.1. The van der Waals surface area contributed by atoms with Crippen LogP contribution in [0.1, 0.15) is 10.4 Å². The van der Waals surface area contributed by atoms with Crippen molar-refractivity contribution in [3.05, 3.63) is 36.1 Å². The maximum absolute atomic E-state index is 12.7. The monoisotopic (exact) mass is 497 g/mol. The fourth-order valence-corrected chi connectivity index (χ4v) is 5.18. The van der Waals surface area contributed by atoms with Gasteiger partial charge in [0.05, 0.1) is 37.0 Å². The number of hydrogen-bond acceptors (Lipinski definition) is 13. The van der Waals surface area contributed by atoms with E-state index in [4.69, 9.17) is 29.4 Å². The number of benzene rings is 1. The number of nitrogens with two attached hydrogens (primary N) is 1. The Kier molecular flexibility index (Phi) is 6.14. The Bertz CT molecular complexity index is 1000. The molecule has 13 heteroatoms. The van der Waals surface area contributed by atoms with Gasteiger partial charge in [-0.2, -0.15) is 0 Å².